The lowest BCUT2D eigenvalue weighted by atomic mass is 10.1. The molecule has 122 valence electrons. The van der Waals surface area contributed by atoms with Crippen molar-refractivity contribution in [2.45, 2.75) is 6.04 Å². The van der Waals surface area contributed by atoms with Gasteiger partial charge in [-0.05, 0) is 50.1 Å². The number of hydrogen-bond donors (Lipinski definition) is 2. The zero-order valence-corrected chi connectivity index (χ0v) is 15.3. The Bertz CT molecular complexity index is 662. The van der Waals surface area contributed by atoms with Gasteiger partial charge in [0.2, 0.25) is 0 Å². The SMILES string of the molecule is CN(C)C(CNC(=S)Nc1ccc(Cl)c(Cl)c1)c1ccccc1. The summed E-state index contributed by atoms with van der Waals surface area (Å²) in [6.07, 6.45) is 0. The molecule has 3 nitrogen and oxygen atoms in total. The van der Waals surface area contributed by atoms with E-state index in [-0.39, 0.29) is 6.04 Å². The first-order chi connectivity index (χ1) is 11.0. The highest BCUT2D eigenvalue weighted by atomic mass is 35.5. The van der Waals surface area contributed by atoms with Gasteiger partial charge >= 0.3 is 0 Å². The van der Waals surface area contributed by atoms with E-state index in [9.17, 15) is 0 Å². The number of nitrogens with one attached hydrogen (secondary N) is 2. The molecule has 0 aromatic heterocycles. The van der Waals surface area contributed by atoms with Gasteiger partial charge in [-0.15, -0.1) is 0 Å². The maximum Gasteiger partial charge on any atom is 0.170 e. The predicted molar refractivity (Wildman–Crippen MR) is 104 cm³/mol. The van der Waals surface area contributed by atoms with E-state index in [4.69, 9.17) is 35.4 Å². The van der Waals surface area contributed by atoms with Gasteiger partial charge in [-0.3, -0.25) is 0 Å². The van der Waals surface area contributed by atoms with Crippen LogP contribution in [0.4, 0.5) is 5.69 Å². The summed E-state index contributed by atoms with van der Waals surface area (Å²) >= 11 is 17.3. The Balaban J connectivity index is 1.95. The first-order valence-electron chi connectivity index (χ1n) is 7.18. The van der Waals surface area contributed by atoms with Crippen molar-refractivity contribution in [2.24, 2.45) is 0 Å². The number of rotatable bonds is 5. The summed E-state index contributed by atoms with van der Waals surface area (Å²) in [6.45, 7) is 0.699. The largest absolute Gasteiger partial charge is 0.361 e. The number of likely N-dealkylation sites (N-methyl/N-ethyl adjacent to an activating group) is 1. The molecule has 0 heterocycles. The van der Waals surface area contributed by atoms with Gasteiger partial charge in [0.05, 0.1) is 16.1 Å². The van der Waals surface area contributed by atoms with Crippen molar-refractivity contribution in [3.8, 4) is 0 Å². The van der Waals surface area contributed by atoms with Crippen LogP contribution >= 0.6 is 35.4 Å². The minimum atomic E-state index is 0.227. The summed E-state index contributed by atoms with van der Waals surface area (Å²) in [6, 6.07) is 15.9. The van der Waals surface area contributed by atoms with Crippen molar-refractivity contribution in [3.05, 3.63) is 64.1 Å². The van der Waals surface area contributed by atoms with Crippen LogP contribution in [0.25, 0.3) is 0 Å². The lowest BCUT2D eigenvalue weighted by Crippen LogP contribution is -2.36. The van der Waals surface area contributed by atoms with E-state index < -0.39 is 0 Å². The predicted octanol–water partition coefficient (Wildman–Crippen LogP) is 4.58. The van der Waals surface area contributed by atoms with Crippen LogP contribution in [0.15, 0.2) is 48.5 Å². The fourth-order valence-electron chi connectivity index (χ4n) is 2.21. The van der Waals surface area contributed by atoms with Crippen LogP contribution in [0.1, 0.15) is 11.6 Å². The van der Waals surface area contributed by atoms with E-state index in [2.05, 4.69) is 41.8 Å². The first-order valence-corrected chi connectivity index (χ1v) is 8.35. The van der Waals surface area contributed by atoms with Crippen LogP contribution in [0.2, 0.25) is 10.0 Å². The Labute approximate surface area is 152 Å². The molecule has 1 unspecified atom stereocenters. The zero-order chi connectivity index (χ0) is 16.8. The molecule has 0 bridgehead atoms. The molecule has 0 saturated carbocycles. The third-order valence-electron chi connectivity index (χ3n) is 3.44. The van der Waals surface area contributed by atoms with E-state index in [0.29, 0.717) is 21.7 Å². The third-order valence-corrected chi connectivity index (χ3v) is 4.43. The average Bonchev–Trinajstić information content (AvgIpc) is 2.52. The lowest BCUT2D eigenvalue weighted by Gasteiger charge is -2.25. The van der Waals surface area contributed by atoms with Crippen LogP contribution in [0.5, 0.6) is 0 Å². The Morgan fingerprint density at radius 1 is 1.09 bits per heavy atom. The van der Waals surface area contributed by atoms with E-state index in [1.807, 2.05) is 24.3 Å². The molecule has 2 rings (SSSR count). The van der Waals surface area contributed by atoms with E-state index >= 15 is 0 Å². The molecule has 0 aliphatic heterocycles. The van der Waals surface area contributed by atoms with Gasteiger partial charge < -0.3 is 15.5 Å². The molecule has 6 heteroatoms. The Morgan fingerprint density at radius 2 is 1.78 bits per heavy atom. The Morgan fingerprint density at radius 3 is 2.39 bits per heavy atom. The molecule has 0 saturated heterocycles. The Kier molecular flexibility index (Phi) is 6.66. The molecule has 2 N–H and O–H groups in total. The summed E-state index contributed by atoms with van der Waals surface area (Å²) in [4.78, 5) is 2.16. The molecule has 2 aromatic rings. The van der Waals surface area contributed by atoms with Crippen molar-refractivity contribution in [2.75, 3.05) is 26.0 Å². The fraction of sp³-hybridized carbons (Fsp3) is 0.235. The molecule has 23 heavy (non-hydrogen) atoms. The second-order valence-electron chi connectivity index (χ2n) is 5.35. The maximum absolute atomic E-state index is 6.00. The molecule has 0 amide bonds. The van der Waals surface area contributed by atoms with Gasteiger partial charge in [0.1, 0.15) is 0 Å². The molecule has 0 aliphatic carbocycles. The molecule has 0 aliphatic rings. The van der Waals surface area contributed by atoms with Gasteiger partial charge in [0.25, 0.3) is 0 Å². The van der Waals surface area contributed by atoms with E-state index in [1.165, 1.54) is 5.56 Å². The van der Waals surface area contributed by atoms with E-state index in [0.717, 1.165) is 5.69 Å². The molecular formula is C17H19Cl2N3S. The van der Waals surface area contributed by atoms with Crippen molar-refractivity contribution < 1.29 is 0 Å². The first kappa shape index (κ1) is 18.0. The highest BCUT2D eigenvalue weighted by molar-refractivity contribution is 7.80. The van der Waals surface area contributed by atoms with Crippen molar-refractivity contribution in [3.63, 3.8) is 0 Å². The molecule has 0 spiro atoms. The highest BCUT2D eigenvalue weighted by Gasteiger charge is 2.14. The number of anilines is 1. The molecule has 1 atom stereocenters. The van der Waals surface area contributed by atoms with Crippen LogP contribution < -0.4 is 10.6 Å². The van der Waals surface area contributed by atoms with Crippen LogP contribution in [-0.2, 0) is 0 Å². The van der Waals surface area contributed by atoms with Crippen LogP contribution in [0, 0.1) is 0 Å². The summed E-state index contributed by atoms with van der Waals surface area (Å²) < 4.78 is 0. The summed E-state index contributed by atoms with van der Waals surface area (Å²) in [7, 11) is 4.10. The van der Waals surface area contributed by atoms with Crippen LogP contribution in [-0.4, -0.2) is 30.7 Å². The smallest absolute Gasteiger partial charge is 0.170 e. The number of thiocarbonyl (C=S) groups is 1. The second kappa shape index (κ2) is 8.50. The van der Waals surface area contributed by atoms with Gasteiger partial charge in [-0.2, -0.15) is 0 Å². The summed E-state index contributed by atoms with van der Waals surface area (Å²) in [5.74, 6) is 0. The standard InChI is InChI=1S/C17H19Cl2N3S/c1-22(2)16(12-6-4-3-5-7-12)11-20-17(23)21-13-8-9-14(18)15(19)10-13/h3-10,16H,11H2,1-2H3,(H2,20,21,23). The summed E-state index contributed by atoms with van der Waals surface area (Å²) in [5, 5.41) is 7.93. The Hall–Kier alpha value is -1.33. The normalized spacial score (nSPS) is 12.0. The quantitative estimate of drug-likeness (QED) is 0.756. The second-order valence-corrected chi connectivity index (χ2v) is 6.58. The monoisotopic (exact) mass is 367 g/mol. The molecular weight excluding hydrogens is 349 g/mol. The molecule has 0 radical (unpaired) electrons. The van der Waals surface area contributed by atoms with Gasteiger partial charge in [0, 0.05) is 12.2 Å². The third kappa shape index (κ3) is 5.36. The fourth-order valence-corrected chi connectivity index (χ4v) is 2.71. The highest BCUT2D eigenvalue weighted by Crippen LogP contribution is 2.25. The van der Waals surface area contributed by atoms with Crippen molar-refractivity contribution in [1.82, 2.24) is 10.2 Å². The zero-order valence-electron chi connectivity index (χ0n) is 13.0. The minimum Gasteiger partial charge on any atom is -0.361 e. The van der Waals surface area contributed by atoms with Gasteiger partial charge in [-0.25, -0.2) is 0 Å². The van der Waals surface area contributed by atoms with E-state index in [1.54, 1.807) is 12.1 Å². The maximum atomic E-state index is 6.00. The molecule has 0 fully saturated rings. The van der Waals surface area contributed by atoms with Gasteiger partial charge in [0.15, 0.2) is 5.11 Å². The number of nitrogens with zero attached hydrogens (tertiary/aromatic N) is 1. The lowest BCUT2D eigenvalue weighted by molar-refractivity contribution is 0.299. The van der Waals surface area contributed by atoms with Crippen LogP contribution in [0.3, 0.4) is 0 Å². The number of benzene rings is 2. The topological polar surface area (TPSA) is 27.3 Å². The van der Waals surface area contributed by atoms with Crippen molar-refractivity contribution in [1.29, 1.82) is 0 Å². The van der Waals surface area contributed by atoms with Gasteiger partial charge in [-0.1, -0.05) is 53.5 Å². The number of halogens is 2. The molecule has 2 aromatic carbocycles. The van der Waals surface area contributed by atoms with Crippen molar-refractivity contribution >= 4 is 46.2 Å². The average molecular weight is 368 g/mol. The number of hydrogen-bond acceptors (Lipinski definition) is 2. The minimum absolute atomic E-state index is 0.227. The summed E-state index contributed by atoms with van der Waals surface area (Å²) in [5.41, 5.74) is 2.04.